The van der Waals surface area contributed by atoms with E-state index in [2.05, 4.69) is 12.8 Å². The highest BCUT2D eigenvalue weighted by atomic mass is 32.1. The van der Waals surface area contributed by atoms with Gasteiger partial charge in [-0.05, 0) is 6.42 Å². The van der Waals surface area contributed by atoms with Crippen molar-refractivity contribution in [2.75, 3.05) is 20.3 Å². The maximum Gasteiger partial charge on any atom is 0.324 e. The molecule has 0 heterocycles. The first-order chi connectivity index (χ1) is 4.68. The molecule has 0 aromatic carbocycles. The van der Waals surface area contributed by atoms with Crippen LogP contribution in [0.4, 0.5) is 4.79 Å². The molecule has 0 radical (unpaired) electrons. The number of carbonyl (C=O) groups is 1. The van der Waals surface area contributed by atoms with E-state index in [1.54, 1.807) is 7.11 Å². The molecule has 0 spiro atoms. The topological polar surface area (TPSA) is 55.6 Å². The van der Waals surface area contributed by atoms with Gasteiger partial charge in [0.05, 0.1) is 0 Å². The molecule has 0 atom stereocenters. The van der Waals surface area contributed by atoms with Crippen molar-refractivity contribution in [2.45, 2.75) is 6.42 Å². The number of nitrogens with zero attached hydrogens (tertiary/aromatic N) is 1. The molecule has 10 heavy (non-hydrogen) atoms. The van der Waals surface area contributed by atoms with Crippen molar-refractivity contribution < 1.29 is 9.53 Å². The lowest BCUT2D eigenvalue weighted by Crippen LogP contribution is -2.28. The van der Waals surface area contributed by atoms with Crippen LogP contribution in [-0.2, 0) is 4.74 Å². The average Bonchev–Trinajstić information content (AvgIpc) is 1.88. The molecule has 4 nitrogen and oxygen atoms in total. The van der Waals surface area contributed by atoms with E-state index in [1.807, 2.05) is 0 Å². The van der Waals surface area contributed by atoms with Crippen LogP contribution >= 0.6 is 12.8 Å². The number of hydrogen-bond donors (Lipinski definition) is 2. The van der Waals surface area contributed by atoms with Crippen LogP contribution in [0.25, 0.3) is 0 Å². The van der Waals surface area contributed by atoms with Gasteiger partial charge in [0.2, 0.25) is 0 Å². The predicted octanol–water partition coefficient (Wildman–Crippen LogP) is 0.248. The molecule has 2 amide bonds. The lowest BCUT2D eigenvalue weighted by Gasteiger charge is -2.10. The fourth-order valence-electron chi connectivity index (χ4n) is 0.469. The number of rotatable bonds is 4. The number of ether oxygens (including phenoxy) is 1. The Bertz CT molecular complexity index is 110. The van der Waals surface area contributed by atoms with Gasteiger partial charge in [-0.1, -0.05) is 12.8 Å². The van der Waals surface area contributed by atoms with Crippen molar-refractivity contribution in [1.82, 2.24) is 4.31 Å². The number of hydrogen-bond acceptors (Lipinski definition) is 3. The highest BCUT2D eigenvalue weighted by Gasteiger charge is 2.01. The monoisotopic (exact) mass is 164 g/mol. The Morgan fingerprint density at radius 3 is 2.80 bits per heavy atom. The van der Waals surface area contributed by atoms with Gasteiger partial charge in [0.1, 0.15) is 0 Å². The summed E-state index contributed by atoms with van der Waals surface area (Å²) in [6.07, 6.45) is 0.753. The van der Waals surface area contributed by atoms with Gasteiger partial charge >= 0.3 is 6.03 Å². The molecule has 0 aliphatic rings. The van der Waals surface area contributed by atoms with E-state index in [9.17, 15) is 4.79 Å². The van der Waals surface area contributed by atoms with Crippen LogP contribution in [0, 0.1) is 0 Å². The number of primary amides is 1. The third kappa shape index (κ3) is 4.46. The molecule has 0 aromatic heterocycles. The van der Waals surface area contributed by atoms with Gasteiger partial charge in [-0.15, -0.1) is 0 Å². The van der Waals surface area contributed by atoms with Crippen LogP contribution in [0.3, 0.4) is 0 Å². The fourth-order valence-corrected chi connectivity index (χ4v) is 0.610. The second kappa shape index (κ2) is 5.37. The zero-order valence-electron chi connectivity index (χ0n) is 5.91. The molecule has 0 fully saturated rings. The maximum absolute atomic E-state index is 10.3. The number of methoxy groups -OCH3 is 1. The molecular weight excluding hydrogens is 152 g/mol. The average molecular weight is 164 g/mol. The standard InChI is InChI=1S/C5H12N2O2S/c1-9-4-2-3-7(10)5(6)8/h10H,2-4H2,1H3,(H2,6,8). The first-order valence-electron chi connectivity index (χ1n) is 2.93. The van der Waals surface area contributed by atoms with Crippen molar-refractivity contribution in [3.63, 3.8) is 0 Å². The zero-order valence-corrected chi connectivity index (χ0v) is 6.80. The molecule has 0 aromatic rings. The Kier molecular flexibility index (Phi) is 5.15. The van der Waals surface area contributed by atoms with Crippen LogP contribution in [0.15, 0.2) is 0 Å². The maximum atomic E-state index is 10.3. The highest BCUT2D eigenvalue weighted by Crippen LogP contribution is 1.93. The lowest BCUT2D eigenvalue weighted by atomic mass is 10.4. The molecule has 0 aliphatic carbocycles. The first kappa shape index (κ1) is 9.58. The van der Waals surface area contributed by atoms with Crippen molar-refractivity contribution in [2.24, 2.45) is 5.73 Å². The Morgan fingerprint density at radius 2 is 2.40 bits per heavy atom. The molecule has 0 saturated heterocycles. The van der Waals surface area contributed by atoms with Crippen molar-refractivity contribution in [1.29, 1.82) is 0 Å². The smallest absolute Gasteiger partial charge is 0.324 e. The summed E-state index contributed by atoms with van der Waals surface area (Å²) in [5, 5.41) is 0. The summed E-state index contributed by atoms with van der Waals surface area (Å²) in [7, 11) is 1.60. The van der Waals surface area contributed by atoms with Crippen LogP contribution in [0.1, 0.15) is 6.42 Å². The third-order valence-electron chi connectivity index (χ3n) is 0.973. The van der Waals surface area contributed by atoms with Gasteiger partial charge in [0.25, 0.3) is 0 Å². The number of urea groups is 1. The van der Waals surface area contributed by atoms with E-state index in [0.717, 1.165) is 10.7 Å². The normalized spacial score (nSPS) is 9.40. The van der Waals surface area contributed by atoms with Crippen molar-refractivity contribution in [3.05, 3.63) is 0 Å². The summed E-state index contributed by atoms with van der Waals surface area (Å²) >= 11 is 3.80. The zero-order chi connectivity index (χ0) is 7.98. The van der Waals surface area contributed by atoms with Crippen molar-refractivity contribution >= 4 is 18.8 Å². The second-order valence-electron chi connectivity index (χ2n) is 1.81. The molecule has 0 rings (SSSR count). The van der Waals surface area contributed by atoms with Gasteiger partial charge in [-0.3, -0.25) is 4.31 Å². The molecule has 0 bridgehead atoms. The van der Waals surface area contributed by atoms with Crippen LogP contribution in [0.2, 0.25) is 0 Å². The largest absolute Gasteiger partial charge is 0.385 e. The van der Waals surface area contributed by atoms with E-state index >= 15 is 0 Å². The van der Waals surface area contributed by atoms with Gasteiger partial charge in [-0.2, -0.15) is 0 Å². The second-order valence-corrected chi connectivity index (χ2v) is 2.29. The van der Waals surface area contributed by atoms with Crippen LogP contribution in [-0.4, -0.2) is 30.6 Å². The third-order valence-corrected chi connectivity index (χ3v) is 1.37. The van der Waals surface area contributed by atoms with Gasteiger partial charge < -0.3 is 10.5 Å². The molecule has 5 heteroatoms. The minimum atomic E-state index is -0.528. The van der Waals surface area contributed by atoms with Gasteiger partial charge in [-0.25, -0.2) is 4.79 Å². The van der Waals surface area contributed by atoms with Crippen LogP contribution in [0.5, 0.6) is 0 Å². The van der Waals surface area contributed by atoms with E-state index in [4.69, 9.17) is 10.5 Å². The Hall–Kier alpha value is -0.420. The summed E-state index contributed by atoms with van der Waals surface area (Å²) < 4.78 is 5.91. The van der Waals surface area contributed by atoms with Crippen LogP contribution < -0.4 is 5.73 Å². The first-order valence-corrected chi connectivity index (χ1v) is 3.33. The summed E-state index contributed by atoms with van der Waals surface area (Å²) in [5.41, 5.74) is 4.89. The van der Waals surface area contributed by atoms with E-state index in [0.29, 0.717) is 13.2 Å². The Morgan fingerprint density at radius 1 is 1.80 bits per heavy atom. The molecule has 60 valence electrons. The van der Waals surface area contributed by atoms with Crippen molar-refractivity contribution in [3.8, 4) is 0 Å². The SMILES string of the molecule is COCCCN(S)C(N)=O. The van der Waals surface area contributed by atoms with E-state index < -0.39 is 6.03 Å². The highest BCUT2D eigenvalue weighted by molar-refractivity contribution is 7.78. The number of amides is 2. The van der Waals surface area contributed by atoms with E-state index in [-0.39, 0.29) is 0 Å². The summed E-state index contributed by atoms with van der Waals surface area (Å²) in [5.74, 6) is 0. The quantitative estimate of drug-likeness (QED) is 0.462. The molecule has 2 N–H and O–H groups in total. The lowest BCUT2D eigenvalue weighted by molar-refractivity contribution is 0.188. The minimum absolute atomic E-state index is 0.520. The molecule has 0 unspecified atom stereocenters. The molecule has 0 aliphatic heterocycles. The van der Waals surface area contributed by atoms with E-state index in [1.165, 1.54) is 0 Å². The van der Waals surface area contributed by atoms with Gasteiger partial charge in [0.15, 0.2) is 0 Å². The number of carbonyl (C=O) groups excluding carboxylic acids is 1. The van der Waals surface area contributed by atoms with Gasteiger partial charge in [0, 0.05) is 20.3 Å². The Labute approximate surface area is 65.9 Å². The fraction of sp³-hybridized carbons (Fsp3) is 0.800. The summed E-state index contributed by atoms with van der Waals surface area (Å²) in [4.78, 5) is 10.3. The molecular formula is C5H12N2O2S. The Balaban J connectivity index is 3.21. The number of nitrogens with two attached hydrogens (primary N) is 1. The number of thiol groups is 1. The minimum Gasteiger partial charge on any atom is -0.385 e. The summed E-state index contributed by atoms with van der Waals surface area (Å²) in [6, 6.07) is -0.528. The predicted molar refractivity (Wildman–Crippen MR) is 41.8 cm³/mol. The molecule has 0 saturated carbocycles. The summed E-state index contributed by atoms with van der Waals surface area (Å²) in [6.45, 7) is 1.14.